The molecule has 0 aromatic rings. The molecule has 1 amide bonds. The first kappa shape index (κ1) is 66.3. The lowest BCUT2D eigenvalue weighted by Gasteiger charge is -2.22. The molecular formula is C62H119NO5. The van der Waals surface area contributed by atoms with Crippen LogP contribution >= 0.6 is 0 Å². The molecule has 0 bridgehead atoms. The summed E-state index contributed by atoms with van der Waals surface area (Å²) in [5.74, 6) is -0.0871. The highest BCUT2D eigenvalue weighted by atomic mass is 16.5. The maximum absolute atomic E-state index is 12.5. The van der Waals surface area contributed by atoms with E-state index < -0.39 is 12.1 Å². The number of aliphatic hydroxyl groups is 2. The highest BCUT2D eigenvalue weighted by molar-refractivity contribution is 5.76. The first-order valence-corrected chi connectivity index (χ1v) is 30.6. The molecule has 0 aromatic heterocycles. The Labute approximate surface area is 424 Å². The molecule has 6 heteroatoms. The summed E-state index contributed by atoms with van der Waals surface area (Å²) >= 11 is 0. The number of allylic oxidation sites excluding steroid dienone is 4. The van der Waals surface area contributed by atoms with Crippen molar-refractivity contribution < 1.29 is 24.5 Å². The zero-order chi connectivity index (χ0) is 49.3. The number of ether oxygens (including phenoxy) is 1. The minimum atomic E-state index is -0.682. The molecule has 3 N–H and O–H groups in total. The molecule has 0 heterocycles. The molecule has 0 fully saturated rings. The van der Waals surface area contributed by atoms with Gasteiger partial charge in [-0.2, -0.15) is 0 Å². The smallest absolute Gasteiger partial charge is 0.305 e. The van der Waals surface area contributed by atoms with Crippen LogP contribution in [0, 0.1) is 0 Å². The molecule has 0 rings (SSSR count). The molecule has 0 spiro atoms. The van der Waals surface area contributed by atoms with Crippen molar-refractivity contribution in [2.45, 2.75) is 347 Å². The van der Waals surface area contributed by atoms with Crippen molar-refractivity contribution >= 4 is 11.9 Å². The number of nitrogens with one attached hydrogen (secondary N) is 1. The Morgan fingerprint density at radius 1 is 0.397 bits per heavy atom. The molecule has 2 atom stereocenters. The first-order valence-electron chi connectivity index (χ1n) is 30.6. The van der Waals surface area contributed by atoms with E-state index in [-0.39, 0.29) is 18.5 Å². The number of rotatable bonds is 57. The molecule has 0 aliphatic carbocycles. The van der Waals surface area contributed by atoms with Crippen molar-refractivity contribution in [2.24, 2.45) is 0 Å². The monoisotopic (exact) mass is 958 g/mol. The number of carbonyl (C=O) groups is 2. The number of unbranched alkanes of at least 4 members (excludes halogenated alkanes) is 42. The molecule has 6 nitrogen and oxygen atoms in total. The lowest BCUT2D eigenvalue weighted by Crippen LogP contribution is -2.45. The van der Waals surface area contributed by atoms with E-state index in [1.165, 1.54) is 225 Å². The van der Waals surface area contributed by atoms with Crippen LogP contribution in [0.15, 0.2) is 24.3 Å². The van der Waals surface area contributed by atoms with Gasteiger partial charge in [0.1, 0.15) is 0 Å². The van der Waals surface area contributed by atoms with Crippen molar-refractivity contribution in [1.82, 2.24) is 5.32 Å². The van der Waals surface area contributed by atoms with E-state index >= 15 is 0 Å². The predicted molar refractivity (Wildman–Crippen MR) is 296 cm³/mol. The lowest BCUT2D eigenvalue weighted by atomic mass is 10.0. The fraction of sp³-hybridized carbons (Fsp3) is 0.903. The highest BCUT2D eigenvalue weighted by Crippen LogP contribution is 2.18. The van der Waals surface area contributed by atoms with Gasteiger partial charge in [-0.05, 0) is 83.5 Å². The fourth-order valence-electron chi connectivity index (χ4n) is 9.51. The van der Waals surface area contributed by atoms with E-state index in [1.54, 1.807) is 0 Å². The second-order valence-electron chi connectivity index (χ2n) is 21.0. The summed E-state index contributed by atoms with van der Waals surface area (Å²) in [6.07, 6.45) is 70.4. The van der Waals surface area contributed by atoms with Gasteiger partial charge in [0.05, 0.1) is 25.4 Å². The fourth-order valence-corrected chi connectivity index (χ4v) is 9.51. The van der Waals surface area contributed by atoms with Gasteiger partial charge in [-0.1, -0.05) is 263 Å². The Hall–Kier alpha value is -1.66. The quantitative estimate of drug-likeness (QED) is 0.0321. The zero-order valence-corrected chi connectivity index (χ0v) is 45.9. The Morgan fingerprint density at radius 3 is 1.04 bits per heavy atom. The first-order chi connectivity index (χ1) is 33.5. The summed E-state index contributed by atoms with van der Waals surface area (Å²) in [6.45, 7) is 4.91. The summed E-state index contributed by atoms with van der Waals surface area (Å²) in [4.78, 5) is 24.6. The molecule has 0 aliphatic rings. The molecule has 68 heavy (non-hydrogen) atoms. The average molecular weight is 959 g/mol. The number of hydrogen-bond acceptors (Lipinski definition) is 5. The number of aliphatic hydroxyl groups excluding tert-OH is 2. The van der Waals surface area contributed by atoms with Crippen LogP contribution in [0.1, 0.15) is 335 Å². The van der Waals surface area contributed by atoms with Gasteiger partial charge in [-0.3, -0.25) is 9.59 Å². The molecule has 0 aromatic carbocycles. The molecule has 402 valence electrons. The topological polar surface area (TPSA) is 95.9 Å². The van der Waals surface area contributed by atoms with Crippen LogP contribution < -0.4 is 5.32 Å². The maximum atomic E-state index is 12.5. The SMILES string of the molecule is CCCCCCCCC/C=C\CCCCCCCC(=O)OCCCCC/C=C\CCCCCCCC(=O)NC(CO)C(O)CCCCCCCCCCCCCCCCCCCCCCCCC. The van der Waals surface area contributed by atoms with Crippen LogP contribution in [-0.2, 0) is 14.3 Å². The van der Waals surface area contributed by atoms with E-state index in [2.05, 4.69) is 43.5 Å². The molecule has 0 saturated carbocycles. The van der Waals surface area contributed by atoms with Crippen LogP contribution in [0.3, 0.4) is 0 Å². The minimum Gasteiger partial charge on any atom is -0.466 e. The van der Waals surface area contributed by atoms with E-state index in [9.17, 15) is 19.8 Å². The van der Waals surface area contributed by atoms with Crippen LogP contribution in [-0.4, -0.2) is 47.4 Å². The van der Waals surface area contributed by atoms with Crippen LogP contribution in [0.4, 0.5) is 0 Å². The van der Waals surface area contributed by atoms with Gasteiger partial charge in [-0.25, -0.2) is 0 Å². The van der Waals surface area contributed by atoms with E-state index in [1.807, 2.05) is 0 Å². The number of esters is 1. The van der Waals surface area contributed by atoms with Gasteiger partial charge in [0.2, 0.25) is 5.91 Å². The number of carbonyl (C=O) groups excluding carboxylic acids is 2. The summed E-state index contributed by atoms with van der Waals surface area (Å²) < 4.78 is 5.46. The van der Waals surface area contributed by atoms with Gasteiger partial charge in [0.25, 0.3) is 0 Å². The van der Waals surface area contributed by atoms with Crippen LogP contribution in [0.25, 0.3) is 0 Å². The van der Waals surface area contributed by atoms with Crippen molar-refractivity contribution in [1.29, 1.82) is 0 Å². The minimum absolute atomic E-state index is 0.0292. The Kier molecular flexibility index (Phi) is 56.5. The molecule has 0 aliphatic heterocycles. The lowest BCUT2D eigenvalue weighted by molar-refractivity contribution is -0.143. The van der Waals surface area contributed by atoms with Gasteiger partial charge >= 0.3 is 5.97 Å². The van der Waals surface area contributed by atoms with E-state index in [0.29, 0.717) is 25.9 Å². The predicted octanol–water partition coefficient (Wildman–Crippen LogP) is 19.0. The summed E-state index contributed by atoms with van der Waals surface area (Å²) in [5.41, 5.74) is 0. The molecular weight excluding hydrogens is 839 g/mol. The summed E-state index contributed by atoms with van der Waals surface area (Å²) in [7, 11) is 0. The van der Waals surface area contributed by atoms with Gasteiger partial charge < -0.3 is 20.3 Å². The normalized spacial score (nSPS) is 12.7. The summed E-state index contributed by atoms with van der Waals surface area (Å²) in [6, 6.07) is -0.562. The second kappa shape index (κ2) is 57.9. The molecule has 0 radical (unpaired) electrons. The van der Waals surface area contributed by atoms with Crippen molar-refractivity contribution in [3.63, 3.8) is 0 Å². The van der Waals surface area contributed by atoms with Crippen LogP contribution in [0.2, 0.25) is 0 Å². The van der Waals surface area contributed by atoms with Crippen LogP contribution in [0.5, 0.6) is 0 Å². The third-order valence-electron chi connectivity index (χ3n) is 14.2. The van der Waals surface area contributed by atoms with Gasteiger partial charge in [0.15, 0.2) is 0 Å². The maximum Gasteiger partial charge on any atom is 0.305 e. The Bertz CT molecular complexity index is 1060. The summed E-state index contributed by atoms with van der Waals surface area (Å²) in [5, 5.41) is 23.3. The van der Waals surface area contributed by atoms with Crippen molar-refractivity contribution in [3.05, 3.63) is 24.3 Å². The highest BCUT2D eigenvalue weighted by Gasteiger charge is 2.20. The number of amides is 1. The third kappa shape index (κ3) is 53.7. The Balaban J connectivity index is 3.49. The number of hydrogen-bond donors (Lipinski definition) is 3. The standard InChI is InChI=1S/C62H119NO5/c1-3-5-7-9-11-13-15-17-19-21-22-23-24-25-26-27-28-30-34-38-42-46-50-54-60(65)59(58-64)63-61(66)55-51-47-43-39-35-32-33-37-41-45-49-53-57-68-62(67)56-52-48-44-40-36-31-29-20-18-16-14-12-10-8-6-4-2/h20,29,33,37,59-60,64-65H,3-19,21-28,30-32,34-36,38-58H2,1-2H3,(H,63,66)/b29-20-,37-33-. The average Bonchev–Trinajstić information content (AvgIpc) is 3.34. The van der Waals surface area contributed by atoms with Gasteiger partial charge in [0, 0.05) is 12.8 Å². The van der Waals surface area contributed by atoms with Gasteiger partial charge in [-0.15, -0.1) is 0 Å². The third-order valence-corrected chi connectivity index (χ3v) is 14.2. The van der Waals surface area contributed by atoms with Crippen molar-refractivity contribution in [2.75, 3.05) is 13.2 Å². The molecule has 2 unspecified atom stereocenters. The second-order valence-corrected chi connectivity index (χ2v) is 21.0. The largest absolute Gasteiger partial charge is 0.466 e. The van der Waals surface area contributed by atoms with E-state index in [4.69, 9.17) is 4.74 Å². The zero-order valence-electron chi connectivity index (χ0n) is 45.9. The van der Waals surface area contributed by atoms with E-state index in [0.717, 1.165) is 77.0 Å². The molecule has 0 saturated heterocycles. The Morgan fingerprint density at radius 2 is 0.691 bits per heavy atom. The van der Waals surface area contributed by atoms with Crippen molar-refractivity contribution in [3.8, 4) is 0 Å².